The minimum absolute atomic E-state index is 0.242. The Hall–Kier alpha value is -9.95. The third kappa shape index (κ3) is 6.85. The van der Waals surface area contributed by atoms with Crippen molar-refractivity contribution in [3.05, 3.63) is 236 Å². The van der Waals surface area contributed by atoms with Crippen LogP contribution in [-0.4, -0.2) is 39.5 Å². The highest BCUT2D eigenvalue weighted by Gasteiger charge is 2.36. The monoisotopic (exact) mass is 1020 g/mol. The number of hydrogen-bond acceptors (Lipinski definition) is 8. The van der Waals surface area contributed by atoms with Gasteiger partial charge in [0.1, 0.15) is 0 Å². The molecule has 1 atom stereocenters. The van der Waals surface area contributed by atoms with E-state index in [-0.39, 0.29) is 5.41 Å². The maximum Gasteiger partial charge on any atom is 0.181 e. The van der Waals surface area contributed by atoms with Crippen LogP contribution in [0.5, 0.6) is 11.5 Å². The Morgan fingerprint density at radius 3 is 1.59 bits per heavy atom. The minimum Gasteiger partial charge on any atom is -0.451 e. The number of pyridine rings is 1. The molecule has 366 valence electrons. The van der Waals surface area contributed by atoms with Crippen molar-refractivity contribution in [3.63, 3.8) is 0 Å². The van der Waals surface area contributed by atoms with Crippen LogP contribution in [-0.2, 0) is 5.41 Å². The summed E-state index contributed by atoms with van der Waals surface area (Å²) in [5.41, 5.74) is 11.7. The molecule has 16 rings (SSSR count). The molecule has 78 heavy (non-hydrogen) atoms. The first kappa shape index (κ1) is 44.4. The van der Waals surface area contributed by atoms with E-state index in [0.717, 1.165) is 60.8 Å². The van der Waals surface area contributed by atoms with Gasteiger partial charge in [0.15, 0.2) is 52.3 Å². The zero-order chi connectivity index (χ0) is 51.6. The Bertz CT molecular complexity index is 4740. The summed E-state index contributed by atoms with van der Waals surface area (Å²) in [7, 11) is -0.710. The Labute approximate surface area is 449 Å². The Balaban J connectivity index is 0.813. The summed E-state index contributed by atoms with van der Waals surface area (Å²) in [5.74, 6) is 5.49. The molecule has 9 nitrogen and oxygen atoms in total. The largest absolute Gasteiger partial charge is 0.451 e. The van der Waals surface area contributed by atoms with Crippen molar-refractivity contribution in [2.75, 3.05) is 0 Å². The molecule has 10 heteroatoms. The SMILES string of the molecule is CC1(C)c2cc(-c3nc(-c4ccccc4)nc(-c4cccc(-c5cc6c7c(c5)c5ccccc5n7-c5ncc(-c7nc(-c8ccccc8)nc(-c8ccccc8)n7)cc5O6)c4)n3)ccc2-p2c3ccccc3c3cccc1c32. The third-order valence-corrected chi connectivity index (χ3v) is 18.3. The van der Waals surface area contributed by atoms with Crippen LogP contribution in [0.3, 0.4) is 0 Å². The zero-order valence-electron chi connectivity index (χ0n) is 42.3. The van der Waals surface area contributed by atoms with Gasteiger partial charge in [-0.15, -0.1) is 0 Å². The normalized spacial score (nSPS) is 13.2. The second-order valence-corrected chi connectivity index (χ2v) is 22.7. The average Bonchev–Trinajstić information content (AvgIpc) is 4.22. The summed E-state index contributed by atoms with van der Waals surface area (Å²) < 4.78 is 9.21. The maximum atomic E-state index is 7.00. The molecule has 1 unspecified atom stereocenters. The smallest absolute Gasteiger partial charge is 0.181 e. The number of aromatic nitrogens is 8. The molecule has 0 aliphatic carbocycles. The Morgan fingerprint density at radius 2 is 0.910 bits per heavy atom. The van der Waals surface area contributed by atoms with E-state index in [1.165, 1.54) is 37.4 Å². The first-order chi connectivity index (χ1) is 38.4. The second-order valence-electron chi connectivity index (χ2n) is 20.6. The van der Waals surface area contributed by atoms with E-state index >= 15 is 0 Å². The lowest BCUT2D eigenvalue weighted by atomic mass is 9.77. The molecule has 5 aromatic heterocycles. The van der Waals surface area contributed by atoms with Crippen molar-refractivity contribution in [1.82, 2.24) is 39.5 Å². The van der Waals surface area contributed by atoms with Crippen molar-refractivity contribution in [2.45, 2.75) is 19.3 Å². The van der Waals surface area contributed by atoms with E-state index in [1.54, 1.807) is 0 Å². The van der Waals surface area contributed by atoms with Crippen LogP contribution in [0.25, 0.3) is 133 Å². The summed E-state index contributed by atoms with van der Waals surface area (Å²) in [6, 6.07) is 76.2. The van der Waals surface area contributed by atoms with E-state index in [0.29, 0.717) is 57.8 Å². The first-order valence-electron chi connectivity index (χ1n) is 26.1. The van der Waals surface area contributed by atoms with Crippen LogP contribution in [0, 0.1) is 0 Å². The fraction of sp³-hybridized carbons (Fsp3) is 0.0441. The Kier molecular flexibility index (Phi) is 9.69. The molecule has 9 aromatic carbocycles. The predicted octanol–water partition coefficient (Wildman–Crippen LogP) is 17.2. The van der Waals surface area contributed by atoms with Gasteiger partial charge in [-0.2, -0.15) is 0 Å². The van der Waals surface area contributed by atoms with Crippen molar-refractivity contribution in [2.24, 2.45) is 0 Å². The number of benzene rings is 9. The lowest BCUT2D eigenvalue weighted by Gasteiger charge is -2.34. The highest BCUT2D eigenvalue weighted by atomic mass is 31.1. The van der Waals surface area contributed by atoms with Gasteiger partial charge in [-0.1, -0.05) is 197 Å². The van der Waals surface area contributed by atoms with Crippen molar-refractivity contribution in [3.8, 4) is 102 Å². The van der Waals surface area contributed by atoms with Crippen LogP contribution in [0.1, 0.15) is 25.0 Å². The van der Waals surface area contributed by atoms with Gasteiger partial charge >= 0.3 is 0 Å². The summed E-state index contributed by atoms with van der Waals surface area (Å²) >= 11 is 0. The van der Waals surface area contributed by atoms with E-state index in [2.05, 4.69) is 152 Å². The molecule has 14 aromatic rings. The molecular weight excluding hydrogens is 976 g/mol. The molecule has 0 bridgehead atoms. The van der Waals surface area contributed by atoms with Crippen molar-refractivity contribution in [1.29, 1.82) is 0 Å². The number of ether oxygens (including phenoxy) is 1. The van der Waals surface area contributed by atoms with E-state index in [9.17, 15) is 0 Å². The number of hydrogen-bond donors (Lipinski definition) is 0. The number of rotatable bonds is 7. The summed E-state index contributed by atoms with van der Waals surface area (Å²) in [5, 5.41) is 9.20. The van der Waals surface area contributed by atoms with Crippen molar-refractivity contribution >= 4 is 50.3 Å². The van der Waals surface area contributed by atoms with Crippen LogP contribution < -0.4 is 4.74 Å². The predicted molar refractivity (Wildman–Crippen MR) is 315 cm³/mol. The molecule has 0 saturated carbocycles. The van der Waals surface area contributed by atoms with Gasteiger partial charge in [-0.05, 0) is 75.5 Å². The summed E-state index contributed by atoms with van der Waals surface area (Å²) in [6.45, 7) is 4.73. The van der Waals surface area contributed by atoms with E-state index < -0.39 is 7.53 Å². The van der Waals surface area contributed by atoms with Gasteiger partial charge in [0.2, 0.25) is 0 Å². The van der Waals surface area contributed by atoms with Crippen LogP contribution in [0.4, 0.5) is 0 Å². The van der Waals surface area contributed by atoms with Gasteiger partial charge < -0.3 is 4.74 Å². The second kappa shape index (κ2) is 17.0. The zero-order valence-corrected chi connectivity index (χ0v) is 43.2. The van der Waals surface area contributed by atoms with Gasteiger partial charge in [0, 0.05) is 71.3 Å². The van der Waals surface area contributed by atoms with Gasteiger partial charge in [0.25, 0.3) is 0 Å². The molecule has 0 spiro atoms. The topological polar surface area (TPSA) is 104 Å². The average molecular weight is 1020 g/mol. The molecular formula is C68H43N8OP. The highest BCUT2D eigenvalue weighted by molar-refractivity contribution is 7.68. The molecule has 0 radical (unpaired) electrons. The molecule has 2 aliphatic heterocycles. The molecule has 2 aliphatic rings. The van der Waals surface area contributed by atoms with Crippen LogP contribution in [0.2, 0.25) is 0 Å². The van der Waals surface area contributed by atoms with E-state index in [4.69, 9.17) is 39.6 Å². The molecule has 7 heterocycles. The van der Waals surface area contributed by atoms with Crippen molar-refractivity contribution < 1.29 is 4.74 Å². The quantitative estimate of drug-likeness (QED) is 0.155. The molecule has 0 saturated heterocycles. The molecule has 0 fully saturated rings. The number of nitrogens with zero attached hydrogens (tertiary/aromatic N) is 8. The fourth-order valence-electron chi connectivity index (χ4n) is 11.9. The van der Waals surface area contributed by atoms with Gasteiger partial charge in [-0.3, -0.25) is 4.57 Å². The van der Waals surface area contributed by atoms with E-state index in [1.807, 2.05) is 91.1 Å². The maximum absolute atomic E-state index is 7.00. The van der Waals surface area contributed by atoms with Gasteiger partial charge in [0.05, 0.1) is 11.0 Å². The minimum atomic E-state index is -0.710. The lowest BCUT2D eigenvalue weighted by Crippen LogP contribution is -2.21. The van der Waals surface area contributed by atoms with Crippen LogP contribution in [0.15, 0.2) is 225 Å². The van der Waals surface area contributed by atoms with Crippen LogP contribution >= 0.6 is 7.53 Å². The number of fused-ring (bicyclic) bond motifs is 10. The lowest BCUT2D eigenvalue weighted by molar-refractivity contribution is 0.473. The fourth-order valence-corrected chi connectivity index (χ4v) is 15.1. The molecule has 0 N–H and O–H groups in total. The summed E-state index contributed by atoms with van der Waals surface area (Å²) in [4.78, 5) is 35.8. The number of para-hydroxylation sites is 1. The molecule has 0 amide bonds. The standard InChI is InChI=1S/C68H43N8OP/c1-68(2)52-29-17-28-50-49-27-13-15-31-57(49)78(60(50)52)58-33-32-45(36-53(58)68)65-72-63(42-22-10-5-11-23-42)71-64(75-65)44-25-16-24-43(34-44)46-35-51-48-26-12-14-30-54(48)76-59(51)55(37-46)77-56-38-47(39-69-67(56)76)66-73-61(40-18-6-3-7-19-40)70-62(74-66)41-20-8-4-9-21-41/h3-39H,1-2H3. The highest BCUT2D eigenvalue weighted by Crippen LogP contribution is 2.64. The first-order valence-corrected chi connectivity index (χ1v) is 27.5. The summed E-state index contributed by atoms with van der Waals surface area (Å²) in [6.07, 6.45) is 1.83. The third-order valence-electron chi connectivity index (χ3n) is 15.6. The van der Waals surface area contributed by atoms with Gasteiger partial charge in [-0.25, -0.2) is 34.9 Å². The Morgan fingerprint density at radius 1 is 0.385 bits per heavy atom.